The van der Waals surface area contributed by atoms with Gasteiger partial charge in [0.15, 0.2) is 5.41 Å². The van der Waals surface area contributed by atoms with Crippen molar-refractivity contribution in [2.45, 2.75) is 38.8 Å². The first-order chi connectivity index (χ1) is 11.6. The monoisotopic (exact) mass is 357 g/mol. The van der Waals surface area contributed by atoms with E-state index in [1.54, 1.807) is 0 Å². The van der Waals surface area contributed by atoms with E-state index in [9.17, 15) is 22.8 Å². The van der Waals surface area contributed by atoms with Crippen LogP contribution in [-0.4, -0.2) is 41.1 Å². The minimum absolute atomic E-state index is 0.0647. The van der Waals surface area contributed by atoms with Crippen molar-refractivity contribution >= 4 is 11.9 Å². The second-order valence-electron chi connectivity index (χ2n) is 6.92. The number of carbonyl (C=O) groups excluding carboxylic acids is 1. The molecule has 7 heteroatoms. The molecule has 0 radical (unpaired) electrons. The molecule has 1 aliphatic rings. The topological polar surface area (TPSA) is 57.6 Å². The Bertz CT molecular complexity index is 630. The first-order valence-corrected chi connectivity index (χ1v) is 8.21. The minimum atomic E-state index is -4.88. The zero-order chi connectivity index (χ0) is 18.8. The largest absolute Gasteiger partial charge is 0.481 e. The number of benzene rings is 1. The van der Waals surface area contributed by atoms with Crippen LogP contribution in [0.3, 0.4) is 0 Å². The van der Waals surface area contributed by atoms with Crippen LogP contribution in [0.2, 0.25) is 0 Å². The fourth-order valence-corrected chi connectivity index (χ4v) is 3.31. The van der Waals surface area contributed by atoms with Gasteiger partial charge < -0.3 is 10.0 Å². The Kier molecular flexibility index (Phi) is 5.44. The maximum Gasteiger partial charge on any atom is 0.406 e. The van der Waals surface area contributed by atoms with Crippen molar-refractivity contribution < 1.29 is 27.9 Å². The number of hydrogen-bond donors (Lipinski definition) is 1. The van der Waals surface area contributed by atoms with Crippen molar-refractivity contribution in [3.63, 3.8) is 0 Å². The van der Waals surface area contributed by atoms with E-state index in [2.05, 4.69) is 0 Å². The average molecular weight is 357 g/mol. The maximum atomic E-state index is 13.2. The van der Waals surface area contributed by atoms with Gasteiger partial charge in [0, 0.05) is 19.5 Å². The molecule has 1 fully saturated rings. The van der Waals surface area contributed by atoms with Crippen LogP contribution in [0, 0.1) is 11.3 Å². The van der Waals surface area contributed by atoms with Crippen molar-refractivity contribution in [3.05, 3.63) is 35.9 Å². The third kappa shape index (κ3) is 3.80. The number of hydrogen-bond acceptors (Lipinski definition) is 2. The molecule has 1 amide bonds. The van der Waals surface area contributed by atoms with Crippen LogP contribution >= 0.6 is 0 Å². The highest BCUT2D eigenvalue weighted by Gasteiger charge is 2.64. The standard InChI is InChI=1S/C18H22F3NO3/c1-12(2)14(13-6-4-3-5-7-13)10-15(23)22-9-8-17(11-22,16(24)25)18(19,20)21/h3-7,12,14H,8-11H2,1-2H3,(H,24,25). The van der Waals surface area contributed by atoms with Crippen molar-refractivity contribution in [1.82, 2.24) is 4.90 Å². The smallest absolute Gasteiger partial charge is 0.406 e. The summed E-state index contributed by atoms with van der Waals surface area (Å²) in [6.07, 6.45) is -5.42. The zero-order valence-electron chi connectivity index (χ0n) is 14.2. The number of aliphatic carboxylic acids is 1. The molecular weight excluding hydrogens is 335 g/mol. The van der Waals surface area contributed by atoms with Gasteiger partial charge in [0.25, 0.3) is 0 Å². The van der Waals surface area contributed by atoms with Crippen molar-refractivity contribution in [1.29, 1.82) is 0 Å². The van der Waals surface area contributed by atoms with Gasteiger partial charge in [-0.25, -0.2) is 0 Å². The predicted molar refractivity (Wildman–Crippen MR) is 86.0 cm³/mol. The molecule has 2 atom stereocenters. The highest BCUT2D eigenvalue weighted by molar-refractivity contribution is 5.81. The summed E-state index contributed by atoms with van der Waals surface area (Å²) in [6.45, 7) is 2.90. The molecule has 1 heterocycles. The fourth-order valence-electron chi connectivity index (χ4n) is 3.31. The molecule has 1 saturated heterocycles. The Labute approximate surface area is 144 Å². The van der Waals surface area contributed by atoms with E-state index in [1.807, 2.05) is 44.2 Å². The molecule has 25 heavy (non-hydrogen) atoms. The first kappa shape index (κ1) is 19.3. The van der Waals surface area contributed by atoms with E-state index in [1.165, 1.54) is 0 Å². The summed E-state index contributed by atoms with van der Waals surface area (Å²) in [4.78, 5) is 24.8. The molecule has 1 aromatic rings. The molecule has 0 aromatic heterocycles. The van der Waals surface area contributed by atoms with Crippen LogP contribution in [-0.2, 0) is 9.59 Å². The molecule has 2 rings (SSSR count). The zero-order valence-corrected chi connectivity index (χ0v) is 14.2. The molecule has 0 saturated carbocycles. The van der Waals surface area contributed by atoms with E-state index in [4.69, 9.17) is 5.11 Å². The molecular formula is C18H22F3NO3. The third-order valence-corrected chi connectivity index (χ3v) is 5.00. The summed E-state index contributed by atoms with van der Waals surface area (Å²) in [5.41, 5.74) is -1.91. The molecule has 0 aliphatic carbocycles. The summed E-state index contributed by atoms with van der Waals surface area (Å²) < 4.78 is 39.7. The molecule has 1 aliphatic heterocycles. The van der Waals surface area contributed by atoms with Crippen molar-refractivity contribution in [2.75, 3.05) is 13.1 Å². The van der Waals surface area contributed by atoms with E-state index in [0.29, 0.717) is 0 Å². The molecule has 4 nitrogen and oxygen atoms in total. The van der Waals surface area contributed by atoms with Gasteiger partial charge in [-0.05, 0) is 23.8 Å². The number of amides is 1. The van der Waals surface area contributed by atoms with Gasteiger partial charge in [-0.1, -0.05) is 44.2 Å². The first-order valence-electron chi connectivity index (χ1n) is 8.21. The number of likely N-dealkylation sites (tertiary alicyclic amines) is 1. The van der Waals surface area contributed by atoms with Crippen LogP contribution < -0.4 is 0 Å². The quantitative estimate of drug-likeness (QED) is 0.875. The van der Waals surface area contributed by atoms with Crippen molar-refractivity contribution in [2.24, 2.45) is 11.3 Å². The fraction of sp³-hybridized carbons (Fsp3) is 0.556. The van der Waals surface area contributed by atoms with Crippen molar-refractivity contribution in [3.8, 4) is 0 Å². The number of halogens is 3. The Hall–Kier alpha value is -2.05. The van der Waals surface area contributed by atoms with Gasteiger partial charge in [-0.2, -0.15) is 13.2 Å². The normalized spacial score (nSPS) is 22.2. The number of carboxylic acid groups (broad SMARTS) is 1. The Morgan fingerprint density at radius 2 is 1.84 bits per heavy atom. The van der Waals surface area contributed by atoms with E-state index >= 15 is 0 Å². The molecule has 2 unspecified atom stereocenters. The number of carbonyl (C=O) groups is 2. The Morgan fingerprint density at radius 3 is 2.28 bits per heavy atom. The highest BCUT2D eigenvalue weighted by atomic mass is 19.4. The van der Waals surface area contributed by atoms with E-state index < -0.39 is 36.4 Å². The molecule has 0 spiro atoms. The number of carboxylic acids is 1. The van der Waals surface area contributed by atoms with Gasteiger partial charge in [-0.15, -0.1) is 0 Å². The van der Waals surface area contributed by atoms with Crippen LogP contribution in [0.5, 0.6) is 0 Å². The maximum absolute atomic E-state index is 13.2. The lowest BCUT2D eigenvalue weighted by Crippen LogP contribution is -2.47. The summed E-state index contributed by atoms with van der Waals surface area (Å²) in [6, 6.07) is 9.33. The lowest BCUT2D eigenvalue weighted by atomic mass is 9.85. The van der Waals surface area contributed by atoms with Crippen LogP contribution in [0.1, 0.15) is 38.2 Å². The summed E-state index contributed by atoms with van der Waals surface area (Å²) in [7, 11) is 0. The number of rotatable bonds is 5. The third-order valence-electron chi connectivity index (χ3n) is 5.00. The summed E-state index contributed by atoms with van der Waals surface area (Å²) >= 11 is 0. The van der Waals surface area contributed by atoms with Gasteiger partial charge in [0.1, 0.15) is 0 Å². The molecule has 138 valence electrons. The molecule has 1 N–H and O–H groups in total. The van der Waals surface area contributed by atoms with Crippen LogP contribution in [0.4, 0.5) is 13.2 Å². The highest BCUT2D eigenvalue weighted by Crippen LogP contribution is 2.46. The second kappa shape index (κ2) is 7.06. The van der Waals surface area contributed by atoms with Gasteiger partial charge in [0.2, 0.25) is 5.91 Å². The lowest BCUT2D eigenvalue weighted by Gasteiger charge is -2.28. The minimum Gasteiger partial charge on any atom is -0.481 e. The van der Waals surface area contributed by atoms with E-state index in [-0.39, 0.29) is 24.8 Å². The lowest BCUT2D eigenvalue weighted by molar-refractivity contribution is -0.227. The van der Waals surface area contributed by atoms with Crippen LogP contribution in [0.15, 0.2) is 30.3 Å². The molecule has 1 aromatic carbocycles. The summed E-state index contributed by atoms with van der Waals surface area (Å²) in [5, 5.41) is 9.09. The Balaban J connectivity index is 2.15. The van der Waals surface area contributed by atoms with Gasteiger partial charge >= 0.3 is 12.1 Å². The summed E-state index contributed by atoms with van der Waals surface area (Å²) in [5.74, 6) is -2.35. The SMILES string of the molecule is CC(C)C(CC(=O)N1CCC(C(=O)O)(C(F)(F)F)C1)c1ccccc1. The number of nitrogens with zero attached hydrogens (tertiary/aromatic N) is 1. The van der Waals surface area contributed by atoms with Gasteiger partial charge in [-0.3, -0.25) is 9.59 Å². The Morgan fingerprint density at radius 1 is 1.24 bits per heavy atom. The predicted octanol–water partition coefficient (Wildman–Crippen LogP) is 3.68. The molecule has 0 bridgehead atoms. The average Bonchev–Trinajstić information content (AvgIpc) is 2.99. The number of alkyl halides is 3. The van der Waals surface area contributed by atoms with Crippen LogP contribution in [0.25, 0.3) is 0 Å². The van der Waals surface area contributed by atoms with E-state index in [0.717, 1.165) is 10.5 Å². The van der Waals surface area contributed by atoms with Gasteiger partial charge in [0.05, 0.1) is 0 Å². The second-order valence-corrected chi connectivity index (χ2v) is 6.92.